The quantitative estimate of drug-likeness (QED) is 0.781. The van der Waals surface area contributed by atoms with E-state index in [1.54, 1.807) is 13.3 Å². The zero-order valence-corrected chi connectivity index (χ0v) is 13.2. The molecule has 2 heterocycles. The van der Waals surface area contributed by atoms with Gasteiger partial charge in [0.1, 0.15) is 29.2 Å². The van der Waals surface area contributed by atoms with Crippen LogP contribution in [0.15, 0.2) is 30.7 Å². The molecular weight excluding hydrogens is 304 g/mol. The van der Waals surface area contributed by atoms with Gasteiger partial charge in [0, 0.05) is 6.07 Å². The lowest BCUT2D eigenvalue weighted by molar-refractivity contribution is 0.316. The highest BCUT2D eigenvalue weighted by Crippen LogP contribution is 2.32. The molecule has 0 aliphatic carbocycles. The number of halogens is 1. The van der Waals surface area contributed by atoms with Gasteiger partial charge in [0.25, 0.3) is 0 Å². The molecule has 0 aliphatic rings. The van der Waals surface area contributed by atoms with Gasteiger partial charge in [-0.3, -0.25) is 0 Å². The Hall–Kier alpha value is -2.34. The van der Waals surface area contributed by atoms with Gasteiger partial charge < -0.3 is 14.5 Å². The fourth-order valence-corrected chi connectivity index (χ4v) is 2.05. The number of methoxy groups -OCH3 is 1. The molecule has 3 aromatic rings. The molecular formula is C15H17ClN4O2. The number of fused-ring (bicyclic) bond motifs is 1. The fourth-order valence-electron chi connectivity index (χ4n) is 2.05. The van der Waals surface area contributed by atoms with Crippen molar-refractivity contribution in [1.82, 2.24) is 19.9 Å². The lowest BCUT2D eigenvalue weighted by atomic mass is 10.2. The van der Waals surface area contributed by atoms with Crippen LogP contribution in [0.5, 0.6) is 11.5 Å². The molecule has 3 rings (SSSR count). The number of nitrogens with zero attached hydrogens (tertiary/aromatic N) is 3. The van der Waals surface area contributed by atoms with Crippen molar-refractivity contribution in [3.05, 3.63) is 30.7 Å². The second-order valence-corrected chi connectivity index (χ2v) is 4.56. The minimum atomic E-state index is 0. The summed E-state index contributed by atoms with van der Waals surface area (Å²) in [5.74, 6) is 2.20. The lowest BCUT2D eigenvalue weighted by Crippen LogP contribution is -1.98. The van der Waals surface area contributed by atoms with E-state index in [0.717, 1.165) is 29.0 Å². The normalized spacial score (nSPS) is 10.3. The number of ether oxygens (including phenoxy) is 2. The first-order valence-corrected chi connectivity index (χ1v) is 6.78. The average Bonchev–Trinajstić information content (AvgIpc) is 2.96. The van der Waals surface area contributed by atoms with E-state index in [1.807, 2.05) is 18.2 Å². The second kappa shape index (κ2) is 7.09. The van der Waals surface area contributed by atoms with Crippen LogP contribution >= 0.6 is 12.4 Å². The number of nitrogens with one attached hydrogen (secondary N) is 1. The van der Waals surface area contributed by atoms with E-state index in [2.05, 4.69) is 26.9 Å². The Balaban J connectivity index is 0.00000176. The molecule has 0 spiro atoms. The molecule has 2 aromatic heterocycles. The largest absolute Gasteiger partial charge is 0.497 e. The van der Waals surface area contributed by atoms with Gasteiger partial charge in [0.05, 0.1) is 25.5 Å². The summed E-state index contributed by atoms with van der Waals surface area (Å²) in [5, 5.41) is 0. The zero-order chi connectivity index (χ0) is 14.7. The highest BCUT2D eigenvalue weighted by Gasteiger charge is 2.13. The number of hydrogen-bond acceptors (Lipinski definition) is 5. The van der Waals surface area contributed by atoms with E-state index in [-0.39, 0.29) is 12.4 Å². The summed E-state index contributed by atoms with van der Waals surface area (Å²) < 4.78 is 11.1. The number of benzene rings is 1. The zero-order valence-electron chi connectivity index (χ0n) is 12.4. The third-order valence-electron chi connectivity index (χ3n) is 3.07. The van der Waals surface area contributed by atoms with Crippen LogP contribution in [0.4, 0.5) is 0 Å². The van der Waals surface area contributed by atoms with Crippen LogP contribution in [0, 0.1) is 0 Å². The molecule has 22 heavy (non-hydrogen) atoms. The van der Waals surface area contributed by atoms with Crippen molar-refractivity contribution in [2.45, 2.75) is 13.3 Å². The van der Waals surface area contributed by atoms with Crippen LogP contribution in [0.2, 0.25) is 0 Å². The number of imidazole rings is 1. The first-order chi connectivity index (χ1) is 10.3. The van der Waals surface area contributed by atoms with Crippen molar-refractivity contribution >= 4 is 23.6 Å². The van der Waals surface area contributed by atoms with E-state index in [1.165, 1.54) is 6.33 Å². The van der Waals surface area contributed by atoms with Crippen LogP contribution in [0.3, 0.4) is 0 Å². The SMILES string of the molecule is CCCOc1cc(OC)ccc1-c1nc2ncncc2[nH]1.Cl. The maximum atomic E-state index is 5.80. The summed E-state index contributed by atoms with van der Waals surface area (Å²) in [6, 6.07) is 5.67. The van der Waals surface area contributed by atoms with E-state index in [9.17, 15) is 0 Å². The summed E-state index contributed by atoms with van der Waals surface area (Å²) in [7, 11) is 1.63. The Morgan fingerprint density at radius 3 is 2.86 bits per heavy atom. The van der Waals surface area contributed by atoms with Gasteiger partial charge in [-0.05, 0) is 18.6 Å². The topological polar surface area (TPSA) is 72.9 Å². The number of aromatic nitrogens is 4. The Bertz CT molecular complexity index is 727. The van der Waals surface area contributed by atoms with Crippen LogP contribution in [0.1, 0.15) is 13.3 Å². The van der Waals surface area contributed by atoms with Gasteiger partial charge >= 0.3 is 0 Å². The second-order valence-electron chi connectivity index (χ2n) is 4.56. The molecule has 116 valence electrons. The fraction of sp³-hybridized carbons (Fsp3) is 0.267. The molecule has 0 bridgehead atoms. The van der Waals surface area contributed by atoms with Crippen molar-refractivity contribution < 1.29 is 9.47 Å². The van der Waals surface area contributed by atoms with Crippen LogP contribution < -0.4 is 9.47 Å². The predicted octanol–water partition coefficient (Wildman–Crippen LogP) is 3.24. The van der Waals surface area contributed by atoms with E-state index < -0.39 is 0 Å². The monoisotopic (exact) mass is 320 g/mol. The van der Waals surface area contributed by atoms with Crippen molar-refractivity contribution in [1.29, 1.82) is 0 Å². The molecule has 0 saturated heterocycles. The summed E-state index contributed by atoms with van der Waals surface area (Å²) in [5.41, 5.74) is 2.31. The Morgan fingerprint density at radius 1 is 1.27 bits per heavy atom. The lowest BCUT2D eigenvalue weighted by Gasteiger charge is -2.11. The first kappa shape index (κ1) is 16.0. The maximum Gasteiger partial charge on any atom is 0.181 e. The molecule has 0 radical (unpaired) electrons. The van der Waals surface area contributed by atoms with Crippen molar-refractivity contribution in [3.63, 3.8) is 0 Å². The third-order valence-corrected chi connectivity index (χ3v) is 3.07. The highest BCUT2D eigenvalue weighted by atomic mass is 35.5. The molecule has 0 saturated carbocycles. The number of hydrogen-bond donors (Lipinski definition) is 1. The molecule has 1 N–H and O–H groups in total. The van der Waals surface area contributed by atoms with Gasteiger partial charge in [-0.1, -0.05) is 6.92 Å². The average molecular weight is 321 g/mol. The summed E-state index contributed by atoms with van der Waals surface area (Å²) >= 11 is 0. The number of H-pyrrole nitrogens is 1. The third kappa shape index (κ3) is 3.12. The van der Waals surface area contributed by atoms with Crippen molar-refractivity contribution in [2.24, 2.45) is 0 Å². The Kier molecular flexibility index (Phi) is 5.16. The summed E-state index contributed by atoms with van der Waals surface area (Å²) in [4.78, 5) is 15.8. The molecule has 0 unspecified atom stereocenters. The maximum absolute atomic E-state index is 5.80. The molecule has 0 aliphatic heterocycles. The van der Waals surface area contributed by atoms with Gasteiger partial charge in [0.15, 0.2) is 5.65 Å². The Morgan fingerprint density at radius 2 is 2.14 bits per heavy atom. The molecule has 6 nitrogen and oxygen atoms in total. The summed E-state index contributed by atoms with van der Waals surface area (Å²) in [6.07, 6.45) is 4.12. The van der Waals surface area contributed by atoms with Crippen molar-refractivity contribution in [2.75, 3.05) is 13.7 Å². The van der Waals surface area contributed by atoms with Crippen LogP contribution in [-0.2, 0) is 0 Å². The molecule has 0 amide bonds. The predicted molar refractivity (Wildman–Crippen MR) is 86.7 cm³/mol. The van der Waals surface area contributed by atoms with Crippen LogP contribution in [-0.4, -0.2) is 33.7 Å². The molecule has 7 heteroatoms. The van der Waals surface area contributed by atoms with E-state index in [0.29, 0.717) is 18.1 Å². The van der Waals surface area contributed by atoms with Gasteiger partial charge in [-0.2, -0.15) is 0 Å². The first-order valence-electron chi connectivity index (χ1n) is 6.78. The van der Waals surface area contributed by atoms with Crippen molar-refractivity contribution in [3.8, 4) is 22.9 Å². The highest BCUT2D eigenvalue weighted by molar-refractivity contribution is 5.85. The standard InChI is InChI=1S/C15H16N4O2.ClH/c1-3-6-21-13-7-10(20-2)4-5-11(13)14-18-12-8-16-9-17-15(12)19-14;/h4-5,7-9H,3,6H2,1-2H3,(H,16,17,18,19);1H. The Labute approximate surface area is 134 Å². The molecule has 0 atom stereocenters. The van der Waals surface area contributed by atoms with Gasteiger partial charge in [-0.15, -0.1) is 12.4 Å². The number of rotatable bonds is 5. The molecule has 0 fully saturated rings. The van der Waals surface area contributed by atoms with Crippen LogP contribution in [0.25, 0.3) is 22.6 Å². The van der Waals surface area contributed by atoms with Gasteiger partial charge in [0.2, 0.25) is 0 Å². The minimum absolute atomic E-state index is 0. The van der Waals surface area contributed by atoms with E-state index >= 15 is 0 Å². The van der Waals surface area contributed by atoms with E-state index in [4.69, 9.17) is 9.47 Å². The van der Waals surface area contributed by atoms with Gasteiger partial charge in [-0.25, -0.2) is 15.0 Å². The number of aromatic amines is 1. The summed E-state index contributed by atoms with van der Waals surface area (Å²) in [6.45, 7) is 2.71. The smallest absolute Gasteiger partial charge is 0.181 e. The minimum Gasteiger partial charge on any atom is -0.497 e. The molecule has 1 aromatic carbocycles.